The van der Waals surface area contributed by atoms with Crippen LogP contribution in [0.4, 0.5) is 17.1 Å². The number of ether oxygens (including phenoxy) is 1. The highest BCUT2D eigenvalue weighted by molar-refractivity contribution is 7.90. The van der Waals surface area contributed by atoms with Crippen LogP contribution >= 0.6 is 23.2 Å². The highest BCUT2D eigenvalue weighted by atomic mass is 35.5. The Hall–Kier alpha value is -4.48. The van der Waals surface area contributed by atoms with Crippen molar-refractivity contribution in [3.8, 4) is 11.5 Å². The van der Waals surface area contributed by atoms with Crippen molar-refractivity contribution >= 4 is 70.1 Å². The standard InChI is InChI=1S/C51H66Cl2N6O7SSi/c1-50(2,3)68(6,7)65-30-29-58(40-20-23-54-24-21-40)46-18-16-43(33-47(46)59(61)62)67(63,64)55-49(60)44-17-15-41(32-48(44)66-42-10-8-9-39(53)31-42)57-27-25-56(26-28-57)35-37-19-22-51(4,5)34-45(37)36-11-13-38(52)14-12-36/h8-18,31-33,40,54H,19-30,34-35H2,1-7H3,(H,55,60). The van der Waals surface area contributed by atoms with Crippen LogP contribution in [0.2, 0.25) is 28.2 Å². The summed E-state index contributed by atoms with van der Waals surface area (Å²) in [5, 5.41) is 17.2. The molecule has 366 valence electrons. The lowest BCUT2D eigenvalue weighted by Gasteiger charge is -2.39. The number of benzene rings is 4. The number of nitro groups is 1. The molecule has 3 aliphatic rings. The number of allylic oxidation sites excluding steroid dienone is 1. The number of hydrogen-bond acceptors (Lipinski definition) is 11. The average Bonchev–Trinajstić information content (AvgIpc) is 3.28. The Kier molecular flexibility index (Phi) is 16.1. The fourth-order valence-electron chi connectivity index (χ4n) is 9.06. The molecule has 68 heavy (non-hydrogen) atoms. The molecule has 0 bridgehead atoms. The molecule has 2 saturated heterocycles. The maximum absolute atomic E-state index is 14.1. The zero-order valence-electron chi connectivity index (χ0n) is 40.4. The molecule has 4 aromatic rings. The normalized spacial score (nSPS) is 17.5. The molecule has 0 atom stereocenters. The minimum absolute atomic E-state index is 0.0188. The lowest BCUT2D eigenvalue weighted by molar-refractivity contribution is -0.384. The first-order valence-corrected chi connectivity index (χ1v) is 28.7. The molecular formula is C51H66Cl2N6O7SSi. The number of nitrogens with one attached hydrogen (secondary N) is 2. The first-order valence-electron chi connectivity index (χ1n) is 23.6. The van der Waals surface area contributed by atoms with Crippen molar-refractivity contribution in [1.29, 1.82) is 0 Å². The van der Waals surface area contributed by atoms with Gasteiger partial charge in [-0.25, -0.2) is 13.1 Å². The summed E-state index contributed by atoms with van der Waals surface area (Å²) < 4.78 is 43.0. The van der Waals surface area contributed by atoms with E-state index >= 15 is 0 Å². The van der Waals surface area contributed by atoms with E-state index in [9.17, 15) is 23.3 Å². The summed E-state index contributed by atoms with van der Waals surface area (Å²) in [6.07, 6.45) is 4.70. The van der Waals surface area contributed by atoms with Gasteiger partial charge in [0.05, 0.1) is 22.0 Å². The molecule has 1 amide bonds. The van der Waals surface area contributed by atoms with Crippen molar-refractivity contribution in [2.75, 3.05) is 68.8 Å². The van der Waals surface area contributed by atoms with Gasteiger partial charge in [-0.05, 0) is 134 Å². The molecule has 0 aromatic heterocycles. The van der Waals surface area contributed by atoms with Crippen LogP contribution in [0.15, 0.2) is 95.4 Å². The number of piperidine rings is 1. The molecule has 1 aliphatic carbocycles. The maximum atomic E-state index is 14.1. The van der Waals surface area contributed by atoms with Gasteiger partial charge in [0.25, 0.3) is 21.6 Å². The van der Waals surface area contributed by atoms with E-state index in [2.05, 4.69) is 79.7 Å². The van der Waals surface area contributed by atoms with E-state index in [-0.39, 0.29) is 33.5 Å². The first-order chi connectivity index (χ1) is 32.1. The molecule has 7 rings (SSSR count). The summed E-state index contributed by atoms with van der Waals surface area (Å²) in [6.45, 7) is 21.7. The van der Waals surface area contributed by atoms with E-state index in [4.69, 9.17) is 32.4 Å². The zero-order valence-corrected chi connectivity index (χ0v) is 43.7. The molecule has 0 radical (unpaired) electrons. The number of carbonyl (C=O) groups is 1. The third-order valence-electron chi connectivity index (χ3n) is 14.1. The highest BCUT2D eigenvalue weighted by Gasteiger charge is 2.38. The second-order valence-electron chi connectivity index (χ2n) is 20.6. The van der Waals surface area contributed by atoms with Crippen molar-refractivity contribution in [1.82, 2.24) is 14.9 Å². The predicted molar refractivity (Wildman–Crippen MR) is 277 cm³/mol. The number of nitro benzene ring substituents is 1. The smallest absolute Gasteiger partial charge is 0.293 e. The van der Waals surface area contributed by atoms with Gasteiger partial charge in [0.1, 0.15) is 17.2 Å². The van der Waals surface area contributed by atoms with Gasteiger partial charge in [-0.1, -0.05) is 81.6 Å². The average molecular weight is 1010 g/mol. The molecule has 17 heteroatoms. The number of hydrogen-bond donors (Lipinski definition) is 2. The van der Waals surface area contributed by atoms with E-state index < -0.39 is 34.1 Å². The maximum Gasteiger partial charge on any atom is 0.293 e. The molecule has 0 unspecified atom stereocenters. The van der Waals surface area contributed by atoms with Gasteiger partial charge >= 0.3 is 0 Å². The van der Waals surface area contributed by atoms with Crippen molar-refractivity contribution in [3.05, 3.63) is 122 Å². The number of rotatable bonds is 16. The number of anilines is 2. The van der Waals surface area contributed by atoms with Crippen LogP contribution in [0, 0.1) is 15.5 Å². The van der Waals surface area contributed by atoms with Gasteiger partial charge in [0.15, 0.2) is 8.32 Å². The topological polar surface area (TPSA) is 147 Å². The van der Waals surface area contributed by atoms with Crippen molar-refractivity contribution in [2.24, 2.45) is 5.41 Å². The Balaban J connectivity index is 1.10. The van der Waals surface area contributed by atoms with Gasteiger partial charge < -0.3 is 24.3 Å². The van der Waals surface area contributed by atoms with Gasteiger partial charge in [-0.3, -0.25) is 19.8 Å². The molecule has 2 heterocycles. The van der Waals surface area contributed by atoms with Gasteiger partial charge in [-0.15, -0.1) is 0 Å². The summed E-state index contributed by atoms with van der Waals surface area (Å²) >= 11 is 12.6. The van der Waals surface area contributed by atoms with Crippen molar-refractivity contribution in [3.63, 3.8) is 0 Å². The highest BCUT2D eigenvalue weighted by Crippen LogP contribution is 2.44. The summed E-state index contributed by atoms with van der Waals surface area (Å²) in [5.41, 5.74) is 5.02. The monoisotopic (exact) mass is 1000 g/mol. The number of nitrogens with zero attached hydrogens (tertiary/aromatic N) is 4. The number of sulfonamides is 1. The Labute approximate surface area is 413 Å². The van der Waals surface area contributed by atoms with Crippen LogP contribution in [0.3, 0.4) is 0 Å². The lowest BCUT2D eigenvalue weighted by Crippen LogP contribution is -2.47. The number of piperazine rings is 1. The summed E-state index contributed by atoms with van der Waals surface area (Å²) in [7, 11) is -6.73. The Morgan fingerprint density at radius 1 is 0.956 bits per heavy atom. The minimum Gasteiger partial charge on any atom is -0.456 e. The molecule has 2 aliphatic heterocycles. The number of carbonyl (C=O) groups excluding carboxylic acids is 1. The second kappa shape index (κ2) is 21.2. The fraction of sp³-hybridized carbons (Fsp3) is 0.471. The second-order valence-corrected chi connectivity index (χ2v) is 27.9. The van der Waals surface area contributed by atoms with Crippen LogP contribution < -0.4 is 24.6 Å². The molecule has 13 nitrogen and oxygen atoms in total. The Morgan fingerprint density at radius 3 is 2.32 bits per heavy atom. The third kappa shape index (κ3) is 12.6. The zero-order chi connectivity index (χ0) is 49.0. The number of amides is 1. The first kappa shape index (κ1) is 51.4. The van der Waals surface area contributed by atoms with Crippen LogP contribution in [0.5, 0.6) is 11.5 Å². The number of halogens is 2. The van der Waals surface area contributed by atoms with Crippen molar-refractivity contribution in [2.45, 2.75) is 95.8 Å². The molecule has 2 fully saturated rings. The quantitative estimate of drug-likeness (QED) is 0.0628. The molecule has 4 aromatic carbocycles. The lowest BCUT2D eigenvalue weighted by atomic mass is 9.72. The minimum atomic E-state index is -4.61. The van der Waals surface area contributed by atoms with E-state index in [1.807, 2.05) is 17.0 Å². The predicted octanol–water partition coefficient (Wildman–Crippen LogP) is 11.2. The Bertz CT molecular complexity index is 2610. The Morgan fingerprint density at radius 2 is 1.66 bits per heavy atom. The molecule has 0 saturated carbocycles. The van der Waals surface area contributed by atoms with Crippen LogP contribution in [0.25, 0.3) is 5.57 Å². The third-order valence-corrected chi connectivity index (χ3v) is 20.5. The van der Waals surface area contributed by atoms with E-state index in [0.29, 0.717) is 29.6 Å². The SMILES string of the molecule is CC1(C)CCC(CN2CCN(c3ccc(C(=O)NS(=O)(=O)c4ccc(N(CCO[Si](C)(C)C(C)(C)C)C5CCNCC5)c([N+](=O)[O-])c4)c(Oc4cccc(Cl)c4)c3)CC2)=C(c2ccc(Cl)cc2)C1. The van der Waals surface area contributed by atoms with E-state index in [1.165, 1.54) is 28.8 Å². The van der Waals surface area contributed by atoms with E-state index in [0.717, 1.165) is 94.7 Å². The van der Waals surface area contributed by atoms with Crippen LogP contribution in [0.1, 0.15) is 82.6 Å². The van der Waals surface area contributed by atoms with Crippen molar-refractivity contribution < 1.29 is 27.3 Å². The van der Waals surface area contributed by atoms with Gasteiger partial charge in [-0.2, -0.15) is 0 Å². The summed E-state index contributed by atoms with van der Waals surface area (Å²) in [4.78, 5) is 32.5. The van der Waals surface area contributed by atoms with Gasteiger partial charge in [0.2, 0.25) is 0 Å². The van der Waals surface area contributed by atoms with Crippen LogP contribution in [-0.4, -0.2) is 97.5 Å². The summed E-state index contributed by atoms with van der Waals surface area (Å²) in [5.74, 6) is -0.470. The van der Waals surface area contributed by atoms with Crippen LogP contribution in [-0.2, 0) is 14.4 Å². The summed E-state index contributed by atoms with van der Waals surface area (Å²) in [6, 6.07) is 23.8. The molecular weight excluding hydrogens is 940 g/mol. The van der Waals surface area contributed by atoms with Gasteiger partial charge in [0, 0.05) is 73.2 Å². The molecule has 2 N–H and O–H groups in total. The fourth-order valence-corrected chi connectivity index (χ4v) is 11.4. The molecule has 0 spiro atoms. The largest absolute Gasteiger partial charge is 0.456 e. The van der Waals surface area contributed by atoms with E-state index in [1.54, 1.807) is 42.5 Å².